The van der Waals surface area contributed by atoms with E-state index in [2.05, 4.69) is 11.6 Å². The minimum absolute atomic E-state index is 0.0422. The van der Waals surface area contributed by atoms with Crippen molar-refractivity contribution in [3.8, 4) is 17.0 Å². The van der Waals surface area contributed by atoms with Crippen LogP contribution in [0.5, 0.6) is 5.75 Å². The maximum absolute atomic E-state index is 15.0. The number of nitrogens with zero attached hydrogens (tertiary/aromatic N) is 5. The van der Waals surface area contributed by atoms with Crippen LogP contribution in [0.2, 0.25) is 5.02 Å². The van der Waals surface area contributed by atoms with Crippen molar-refractivity contribution >= 4 is 29.2 Å². The highest BCUT2D eigenvalue weighted by Crippen LogP contribution is 2.50. The average molecular weight is 596 g/mol. The summed E-state index contributed by atoms with van der Waals surface area (Å²) in [5.41, 5.74) is -2.78. The number of benzene rings is 1. The zero-order chi connectivity index (χ0) is 29.9. The van der Waals surface area contributed by atoms with Crippen molar-refractivity contribution < 1.29 is 31.9 Å². The van der Waals surface area contributed by atoms with Gasteiger partial charge in [-0.15, -0.1) is 0 Å². The van der Waals surface area contributed by atoms with Crippen LogP contribution in [0.15, 0.2) is 36.9 Å². The lowest BCUT2D eigenvalue weighted by Gasteiger charge is -2.40. The first-order valence-electron chi connectivity index (χ1n) is 13.1. The Bertz CT molecular complexity index is 1400. The molecule has 0 aliphatic carbocycles. The molecule has 3 atom stereocenters. The molecular formula is C28H30ClF4N5O3. The molecular weight excluding hydrogens is 566 g/mol. The number of hydrogen-bond donors (Lipinski definition) is 0. The number of likely N-dealkylation sites (N-methyl/N-ethyl adjacent to an activating group) is 1. The highest BCUT2D eigenvalue weighted by atomic mass is 35.5. The van der Waals surface area contributed by atoms with Crippen molar-refractivity contribution in [1.29, 1.82) is 0 Å². The van der Waals surface area contributed by atoms with E-state index in [0.717, 1.165) is 11.8 Å². The first-order valence-corrected chi connectivity index (χ1v) is 13.5. The van der Waals surface area contributed by atoms with Gasteiger partial charge in [0.2, 0.25) is 5.91 Å². The summed E-state index contributed by atoms with van der Waals surface area (Å²) >= 11 is 6.74. The molecule has 220 valence electrons. The zero-order valence-corrected chi connectivity index (χ0v) is 23.6. The van der Waals surface area contributed by atoms with Gasteiger partial charge in [-0.2, -0.15) is 13.2 Å². The fourth-order valence-corrected chi connectivity index (χ4v) is 6.08. The fraction of sp³-hybridized carbons (Fsp3) is 0.464. The fourth-order valence-electron chi connectivity index (χ4n) is 5.78. The number of carbonyl (C=O) groups is 2. The molecule has 8 nitrogen and oxygen atoms in total. The number of ether oxygens (including phenoxy) is 1. The van der Waals surface area contributed by atoms with Crippen LogP contribution in [0.1, 0.15) is 23.7 Å². The van der Waals surface area contributed by atoms with Gasteiger partial charge in [0.25, 0.3) is 5.91 Å². The first-order chi connectivity index (χ1) is 19.3. The lowest BCUT2D eigenvalue weighted by Crippen LogP contribution is -2.57. The Kier molecular flexibility index (Phi) is 7.44. The van der Waals surface area contributed by atoms with E-state index in [-0.39, 0.29) is 78.5 Å². The minimum atomic E-state index is -4.70. The second-order valence-corrected chi connectivity index (χ2v) is 11.3. The van der Waals surface area contributed by atoms with Gasteiger partial charge >= 0.3 is 6.18 Å². The Hall–Kier alpha value is -3.38. The lowest BCUT2D eigenvalue weighted by molar-refractivity contribution is -0.179. The molecule has 3 aliphatic rings. The SMILES string of the molecule is C=CC(=O)N1CCN2C(=O)c3c(N4C[C@H](N(C)C)CC4(C)C(F)(F)F)nc(-c4ccccc4F)c(Cl)c3OC[C@H]2C1. The second-order valence-electron chi connectivity index (χ2n) is 10.9. The Morgan fingerprint density at radius 2 is 1.95 bits per heavy atom. The Balaban J connectivity index is 1.72. The van der Waals surface area contributed by atoms with E-state index >= 15 is 0 Å². The number of rotatable bonds is 4. The number of pyridine rings is 1. The molecule has 0 N–H and O–H groups in total. The van der Waals surface area contributed by atoms with Crippen LogP contribution in [0.25, 0.3) is 11.3 Å². The molecule has 4 heterocycles. The van der Waals surface area contributed by atoms with Crippen LogP contribution in [0.3, 0.4) is 0 Å². The standard InChI is InChI=1S/C28H30ClF4N5O3/c1-5-20(39)36-10-11-37-17(13-36)15-41-24-21(26(37)40)25(34-23(22(24)29)18-8-6-7-9-19(18)30)38-14-16(35(3)4)12-27(38,2)28(31,32)33/h5-9,16-17H,1,10-15H2,2-4H3/t16-,17-,27?/m1/s1. The van der Waals surface area contributed by atoms with Crippen molar-refractivity contribution in [3.05, 3.63) is 53.3 Å². The molecule has 2 amide bonds. The second kappa shape index (κ2) is 10.5. The summed E-state index contributed by atoms with van der Waals surface area (Å²) in [6.07, 6.45) is -3.80. The Labute approximate surface area is 240 Å². The molecule has 0 saturated carbocycles. The summed E-state index contributed by atoms with van der Waals surface area (Å²) in [6, 6.07) is 4.50. The molecule has 2 aromatic rings. The number of piperazine rings is 1. The highest BCUT2D eigenvalue weighted by molar-refractivity contribution is 6.35. The molecule has 5 rings (SSSR count). The number of anilines is 1. The minimum Gasteiger partial charge on any atom is -0.489 e. The quantitative estimate of drug-likeness (QED) is 0.389. The van der Waals surface area contributed by atoms with Crippen molar-refractivity contribution in [2.75, 3.05) is 51.8 Å². The zero-order valence-electron chi connectivity index (χ0n) is 22.8. The molecule has 0 radical (unpaired) electrons. The number of hydrogen-bond acceptors (Lipinski definition) is 6. The van der Waals surface area contributed by atoms with Crippen molar-refractivity contribution in [2.45, 2.75) is 37.1 Å². The number of carbonyl (C=O) groups excluding carboxylic acids is 2. The predicted molar refractivity (Wildman–Crippen MR) is 146 cm³/mol. The topological polar surface area (TPSA) is 69.2 Å². The summed E-state index contributed by atoms with van der Waals surface area (Å²) in [4.78, 5) is 36.7. The van der Waals surface area contributed by atoms with Crippen molar-refractivity contribution in [1.82, 2.24) is 19.7 Å². The van der Waals surface area contributed by atoms with Gasteiger partial charge in [0, 0.05) is 37.8 Å². The highest BCUT2D eigenvalue weighted by Gasteiger charge is 2.61. The van der Waals surface area contributed by atoms with E-state index < -0.39 is 35.5 Å². The van der Waals surface area contributed by atoms with Crippen molar-refractivity contribution in [3.63, 3.8) is 0 Å². The van der Waals surface area contributed by atoms with E-state index in [9.17, 15) is 27.2 Å². The smallest absolute Gasteiger partial charge is 0.411 e. The lowest BCUT2D eigenvalue weighted by atomic mass is 9.95. The van der Waals surface area contributed by atoms with Gasteiger partial charge in [-0.05, 0) is 45.6 Å². The normalized spacial score (nSPS) is 24.6. The van der Waals surface area contributed by atoms with E-state index in [0.29, 0.717) is 0 Å². The van der Waals surface area contributed by atoms with Gasteiger partial charge in [-0.1, -0.05) is 30.3 Å². The third kappa shape index (κ3) is 4.80. The molecule has 1 aromatic carbocycles. The molecule has 13 heteroatoms. The van der Waals surface area contributed by atoms with E-state index in [1.807, 2.05) is 0 Å². The molecule has 3 aliphatic heterocycles. The molecule has 1 unspecified atom stereocenters. The third-order valence-corrected chi connectivity index (χ3v) is 8.64. The third-order valence-electron chi connectivity index (χ3n) is 8.29. The number of halogens is 5. The predicted octanol–water partition coefficient (Wildman–Crippen LogP) is 4.23. The van der Waals surface area contributed by atoms with Crippen LogP contribution in [-0.2, 0) is 4.79 Å². The number of amides is 2. The number of alkyl halides is 3. The van der Waals surface area contributed by atoms with Gasteiger partial charge in [0.05, 0.1) is 11.7 Å². The van der Waals surface area contributed by atoms with E-state index in [1.165, 1.54) is 34.1 Å². The summed E-state index contributed by atoms with van der Waals surface area (Å²) in [7, 11) is 3.38. The largest absolute Gasteiger partial charge is 0.489 e. The maximum atomic E-state index is 15.0. The molecule has 41 heavy (non-hydrogen) atoms. The summed E-state index contributed by atoms with van der Waals surface area (Å²) in [6.45, 7) is 4.86. The monoisotopic (exact) mass is 595 g/mol. The van der Waals surface area contributed by atoms with Crippen molar-refractivity contribution in [2.24, 2.45) is 0 Å². The van der Waals surface area contributed by atoms with Gasteiger partial charge in [-0.25, -0.2) is 9.37 Å². The van der Waals surface area contributed by atoms with Gasteiger partial charge < -0.3 is 24.3 Å². The molecule has 0 bridgehead atoms. The Morgan fingerprint density at radius 3 is 2.59 bits per heavy atom. The van der Waals surface area contributed by atoms with Crippen LogP contribution in [-0.4, -0.2) is 102 Å². The summed E-state index contributed by atoms with van der Waals surface area (Å²) in [5, 5.41) is -0.182. The van der Waals surface area contributed by atoms with E-state index in [1.54, 1.807) is 25.1 Å². The van der Waals surface area contributed by atoms with Gasteiger partial charge in [-0.3, -0.25) is 9.59 Å². The average Bonchev–Trinajstić information content (AvgIpc) is 3.23. The Morgan fingerprint density at radius 1 is 1.24 bits per heavy atom. The molecule has 0 spiro atoms. The molecule has 2 fully saturated rings. The summed E-state index contributed by atoms with van der Waals surface area (Å²) < 4.78 is 65.4. The molecule has 1 aromatic heterocycles. The maximum Gasteiger partial charge on any atom is 0.411 e. The van der Waals surface area contributed by atoms with Crippen LogP contribution in [0.4, 0.5) is 23.4 Å². The summed E-state index contributed by atoms with van der Waals surface area (Å²) in [5.74, 6) is -2.05. The van der Waals surface area contributed by atoms with Gasteiger partial charge in [0.15, 0.2) is 5.75 Å². The first kappa shape index (κ1) is 29.1. The van der Waals surface area contributed by atoms with E-state index in [4.69, 9.17) is 16.3 Å². The van der Waals surface area contributed by atoms with Crippen LogP contribution >= 0.6 is 11.6 Å². The number of aromatic nitrogens is 1. The number of fused-ring (bicyclic) bond motifs is 2. The van der Waals surface area contributed by atoms with Crippen LogP contribution in [0, 0.1) is 5.82 Å². The molecule has 2 saturated heterocycles. The van der Waals surface area contributed by atoms with Gasteiger partial charge in [0.1, 0.15) is 34.4 Å². The van der Waals surface area contributed by atoms with Crippen LogP contribution < -0.4 is 9.64 Å².